The molecule has 1 fully saturated rings. The molecule has 0 bridgehead atoms. The predicted molar refractivity (Wildman–Crippen MR) is 88.6 cm³/mol. The molecule has 2 atom stereocenters. The first-order chi connectivity index (χ1) is 11.2. The number of carbonyl (C=O) groups is 2. The molecule has 1 saturated heterocycles. The number of hydrogen-bond donors (Lipinski definition) is 1. The van der Waals surface area contributed by atoms with Gasteiger partial charge in [-0.2, -0.15) is 24.9 Å². The summed E-state index contributed by atoms with van der Waals surface area (Å²) in [5.41, 5.74) is 5.88. The SMILES string of the molecule is CCN(CC(F)(F)F)C(=O)C1CCCN(C(=O)[C@@H](N)CCSC)C1. The van der Waals surface area contributed by atoms with Crippen LogP contribution >= 0.6 is 11.8 Å². The number of alkyl halides is 3. The summed E-state index contributed by atoms with van der Waals surface area (Å²) in [6.45, 7) is 0.920. The first kappa shape index (κ1) is 21.1. The van der Waals surface area contributed by atoms with E-state index >= 15 is 0 Å². The summed E-state index contributed by atoms with van der Waals surface area (Å²) < 4.78 is 37.7. The van der Waals surface area contributed by atoms with E-state index in [0.717, 1.165) is 10.7 Å². The number of rotatable bonds is 7. The van der Waals surface area contributed by atoms with Crippen LogP contribution in [0.25, 0.3) is 0 Å². The van der Waals surface area contributed by atoms with Crippen molar-refractivity contribution in [2.45, 2.75) is 38.4 Å². The second-order valence-corrected chi connectivity index (χ2v) is 6.96. The van der Waals surface area contributed by atoms with E-state index in [9.17, 15) is 22.8 Å². The minimum Gasteiger partial charge on any atom is -0.341 e. The highest BCUT2D eigenvalue weighted by Crippen LogP contribution is 2.23. The second-order valence-electron chi connectivity index (χ2n) is 5.98. The first-order valence-corrected chi connectivity index (χ1v) is 9.47. The van der Waals surface area contributed by atoms with Crippen molar-refractivity contribution in [1.29, 1.82) is 0 Å². The number of thioether (sulfide) groups is 1. The predicted octanol–water partition coefficient (Wildman–Crippen LogP) is 1.72. The standard InChI is InChI=1S/C15H26F3N3O2S/c1-3-20(10-15(16,17)18)13(22)11-5-4-7-21(9-11)14(23)12(19)6-8-24-2/h11-12H,3-10,19H2,1-2H3/t11?,12-/m0/s1. The van der Waals surface area contributed by atoms with Crippen molar-refractivity contribution in [3.63, 3.8) is 0 Å². The maximum Gasteiger partial charge on any atom is 0.406 e. The van der Waals surface area contributed by atoms with Gasteiger partial charge in [0.05, 0.1) is 12.0 Å². The van der Waals surface area contributed by atoms with Gasteiger partial charge in [-0.05, 0) is 38.2 Å². The molecular weight excluding hydrogens is 343 g/mol. The van der Waals surface area contributed by atoms with Crippen molar-refractivity contribution in [2.24, 2.45) is 11.7 Å². The van der Waals surface area contributed by atoms with Crippen LogP contribution in [0.2, 0.25) is 0 Å². The van der Waals surface area contributed by atoms with Crippen LogP contribution in [0.1, 0.15) is 26.2 Å². The molecule has 9 heteroatoms. The number of amides is 2. The van der Waals surface area contributed by atoms with Crippen LogP contribution < -0.4 is 5.73 Å². The average molecular weight is 369 g/mol. The Bertz CT molecular complexity index is 435. The van der Waals surface area contributed by atoms with E-state index in [0.29, 0.717) is 25.8 Å². The Morgan fingerprint density at radius 3 is 2.62 bits per heavy atom. The van der Waals surface area contributed by atoms with Crippen LogP contribution in [0.5, 0.6) is 0 Å². The summed E-state index contributed by atoms with van der Waals surface area (Å²) in [6, 6.07) is -0.622. The molecule has 1 unspecified atom stereocenters. The van der Waals surface area contributed by atoms with Gasteiger partial charge in [0.2, 0.25) is 11.8 Å². The molecule has 24 heavy (non-hydrogen) atoms. The molecule has 0 aromatic carbocycles. The highest BCUT2D eigenvalue weighted by atomic mass is 32.2. The topological polar surface area (TPSA) is 66.6 Å². The number of piperidine rings is 1. The molecule has 0 aromatic heterocycles. The zero-order chi connectivity index (χ0) is 18.3. The number of likely N-dealkylation sites (tertiary alicyclic amines) is 1. The quantitative estimate of drug-likeness (QED) is 0.742. The Hall–Kier alpha value is -0.960. The molecule has 1 heterocycles. The van der Waals surface area contributed by atoms with Crippen molar-refractivity contribution in [3.05, 3.63) is 0 Å². The summed E-state index contributed by atoms with van der Waals surface area (Å²) in [6.07, 6.45) is -0.856. The lowest BCUT2D eigenvalue weighted by molar-refractivity contribution is -0.164. The Morgan fingerprint density at radius 2 is 2.08 bits per heavy atom. The fourth-order valence-electron chi connectivity index (χ4n) is 2.80. The maximum atomic E-state index is 12.6. The third-order valence-electron chi connectivity index (χ3n) is 4.10. The fraction of sp³-hybridized carbons (Fsp3) is 0.867. The van der Waals surface area contributed by atoms with Crippen molar-refractivity contribution in [2.75, 3.05) is 38.2 Å². The first-order valence-electron chi connectivity index (χ1n) is 8.08. The monoisotopic (exact) mass is 369 g/mol. The van der Waals surface area contributed by atoms with Gasteiger partial charge in [0, 0.05) is 19.6 Å². The third-order valence-corrected chi connectivity index (χ3v) is 4.74. The molecule has 5 nitrogen and oxygen atoms in total. The number of carbonyl (C=O) groups excluding carboxylic acids is 2. The zero-order valence-electron chi connectivity index (χ0n) is 14.1. The summed E-state index contributed by atoms with van der Waals surface area (Å²) in [7, 11) is 0. The van der Waals surface area contributed by atoms with Crippen LogP contribution in [0.3, 0.4) is 0 Å². The van der Waals surface area contributed by atoms with Crippen LogP contribution in [0.15, 0.2) is 0 Å². The maximum absolute atomic E-state index is 12.6. The van der Waals surface area contributed by atoms with Gasteiger partial charge in [-0.3, -0.25) is 9.59 Å². The highest BCUT2D eigenvalue weighted by molar-refractivity contribution is 7.98. The van der Waals surface area contributed by atoms with Crippen molar-refractivity contribution >= 4 is 23.6 Å². The minimum atomic E-state index is -4.42. The van der Waals surface area contributed by atoms with Crippen molar-refractivity contribution in [3.8, 4) is 0 Å². The van der Waals surface area contributed by atoms with E-state index in [1.807, 2.05) is 6.26 Å². The number of halogens is 3. The van der Waals surface area contributed by atoms with E-state index in [4.69, 9.17) is 5.73 Å². The summed E-state index contributed by atoms with van der Waals surface area (Å²) in [5, 5.41) is 0. The highest BCUT2D eigenvalue weighted by Gasteiger charge is 2.37. The molecular formula is C15H26F3N3O2S. The number of hydrogen-bond acceptors (Lipinski definition) is 4. The summed E-state index contributed by atoms with van der Waals surface area (Å²) in [4.78, 5) is 27.0. The Balaban J connectivity index is 2.66. The van der Waals surface area contributed by atoms with Crippen LogP contribution in [0.4, 0.5) is 13.2 Å². The zero-order valence-corrected chi connectivity index (χ0v) is 15.0. The molecule has 140 valence electrons. The number of nitrogens with two attached hydrogens (primary N) is 1. The van der Waals surface area contributed by atoms with Gasteiger partial charge < -0.3 is 15.5 Å². The molecule has 0 aliphatic carbocycles. The average Bonchev–Trinajstić information content (AvgIpc) is 2.55. The van der Waals surface area contributed by atoms with E-state index in [-0.39, 0.29) is 19.0 Å². The van der Waals surface area contributed by atoms with Crippen molar-refractivity contribution < 1.29 is 22.8 Å². The molecule has 0 radical (unpaired) electrons. The lowest BCUT2D eigenvalue weighted by atomic mass is 9.95. The normalized spacial score (nSPS) is 19.9. The molecule has 1 aliphatic heterocycles. The van der Waals surface area contributed by atoms with Gasteiger partial charge in [0.25, 0.3) is 0 Å². The van der Waals surface area contributed by atoms with E-state index in [1.54, 1.807) is 11.8 Å². The molecule has 1 aliphatic rings. The van der Waals surface area contributed by atoms with Gasteiger partial charge in [-0.25, -0.2) is 0 Å². The lowest BCUT2D eigenvalue weighted by Gasteiger charge is -2.36. The van der Waals surface area contributed by atoms with Gasteiger partial charge in [0.1, 0.15) is 6.54 Å². The van der Waals surface area contributed by atoms with E-state index in [2.05, 4.69) is 0 Å². The fourth-order valence-corrected chi connectivity index (χ4v) is 3.29. The summed E-state index contributed by atoms with van der Waals surface area (Å²) in [5.74, 6) is -0.582. The Labute approximate surface area is 145 Å². The largest absolute Gasteiger partial charge is 0.406 e. The van der Waals surface area contributed by atoms with Crippen LogP contribution in [-0.2, 0) is 9.59 Å². The lowest BCUT2D eigenvalue weighted by Crippen LogP contribution is -2.52. The molecule has 0 saturated carbocycles. The molecule has 2 N–H and O–H groups in total. The van der Waals surface area contributed by atoms with Crippen LogP contribution in [-0.4, -0.2) is 72.0 Å². The van der Waals surface area contributed by atoms with Gasteiger partial charge in [-0.1, -0.05) is 0 Å². The minimum absolute atomic E-state index is 0.00394. The molecule has 0 aromatic rings. The Morgan fingerprint density at radius 1 is 1.42 bits per heavy atom. The molecule has 1 rings (SSSR count). The number of nitrogens with zero attached hydrogens (tertiary/aromatic N) is 2. The Kier molecular flexibility index (Phi) is 8.35. The third kappa shape index (κ3) is 6.51. The van der Waals surface area contributed by atoms with E-state index < -0.39 is 30.6 Å². The smallest absolute Gasteiger partial charge is 0.341 e. The molecule has 0 spiro atoms. The van der Waals surface area contributed by atoms with Gasteiger partial charge in [-0.15, -0.1) is 0 Å². The van der Waals surface area contributed by atoms with Crippen LogP contribution in [0, 0.1) is 5.92 Å². The van der Waals surface area contributed by atoms with Gasteiger partial charge >= 0.3 is 6.18 Å². The molecule has 2 amide bonds. The summed E-state index contributed by atoms with van der Waals surface area (Å²) >= 11 is 1.59. The van der Waals surface area contributed by atoms with Crippen molar-refractivity contribution in [1.82, 2.24) is 9.80 Å². The van der Waals surface area contributed by atoms with Gasteiger partial charge in [0.15, 0.2) is 0 Å². The van der Waals surface area contributed by atoms with E-state index in [1.165, 1.54) is 11.8 Å². The second kappa shape index (κ2) is 9.50.